The standard InChI is InChI=1S/C13H22N4O/c1-10-9-12(15-17(10)3)14-13(18)16(2)11-7-5-4-6-8-11/h9,11H,4-8H2,1-3H3,(H,14,15,18). The predicted octanol–water partition coefficient (Wildman–Crippen LogP) is 2.52. The molecule has 1 aromatic heterocycles. The van der Waals surface area contributed by atoms with Gasteiger partial charge in [-0.15, -0.1) is 0 Å². The van der Waals surface area contributed by atoms with E-state index in [1.807, 2.05) is 32.0 Å². The summed E-state index contributed by atoms with van der Waals surface area (Å²) in [4.78, 5) is 13.9. The summed E-state index contributed by atoms with van der Waals surface area (Å²) in [5.41, 5.74) is 1.03. The van der Waals surface area contributed by atoms with Crippen molar-refractivity contribution in [2.24, 2.45) is 7.05 Å². The molecular weight excluding hydrogens is 228 g/mol. The number of amides is 2. The smallest absolute Gasteiger partial charge is 0.323 e. The minimum absolute atomic E-state index is 0.0556. The molecule has 18 heavy (non-hydrogen) atoms. The van der Waals surface area contributed by atoms with Crippen LogP contribution in [-0.2, 0) is 7.05 Å². The summed E-state index contributed by atoms with van der Waals surface area (Å²) in [5, 5.41) is 7.09. The Morgan fingerprint density at radius 1 is 1.44 bits per heavy atom. The van der Waals surface area contributed by atoms with E-state index in [4.69, 9.17) is 0 Å². The van der Waals surface area contributed by atoms with Crippen molar-refractivity contribution in [1.82, 2.24) is 14.7 Å². The van der Waals surface area contributed by atoms with Crippen LogP contribution in [0.25, 0.3) is 0 Å². The first-order chi connectivity index (χ1) is 8.58. The Bertz CT molecular complexity index is 401. The topological polar surface area (TPSA) is 50.2 Å². The van der Waals surface area contributed by atoms with Gasteiger partial charge < -0.3 is 4.90 Å². The molecule has 1 aliphatic carbocycles. The van der Waals surface area contributed by atoms with Crippen molar-refractivity contribution in [1.29, 1.82) is 0 Å². The van der Waals surface area contributed by atoms with Gasteiger partial charge in [-0.05, 0) is 19.8 Å². The van der Waals surface area contributed by atoms with Crippen molar-refractivity contribution in [2.75, 3.05) is 12.4 Å². The van der Waals surface area contributed by atoms with Crippen LogP contribution in [0, 0.1) is 6.92 Å². The Morgan fingerprint density at radius 2 is 2.11 bits per heavy atom. The fourth-order valence-corrected chi connectivity index (χ4v) is 2.45. The molecule has 100 valence electrons. The van der Waals surface area contributed by atoms with Crippen molar-refractivity contribution in [3.05, 3.63) is 11.8 Å². The van der Waals surface area contributed by atoms with Crippen LogP contribution in [0.2, 0.25) is 0 Å². The van der Waals surface area contributed by atoms with E-state index < -0.39 is 0 Å². The molecule has 0 radical (unpaired) electrons. The normalized spacial score (nSPS) is 16.6. The molecule has 2 rings (SSSR count). The number of carbonyl (C=O) groups excluding carboxylic acids is 1. The van der Waals surface area contributed by atoms with Crippen LogP contribution >= 0.6 is 0 Å². The molecule has 1 fully saturated rings. The monoisotopic (exact) mass is 250 g/mol. The number of urea groups is 1. The van der Waals surface area contributed by atoms with Crippen LogP contribution < -0.4 is 5.32 Å². The maximum absolute atomic E-state index is 12.1. The van der Waals surface area contributed by atoms with Gasteiger partial charge in [0.05, 0.1) is 0 Å². The molecule has 0 aliphatic heterocycles. The minimum atomic E-state index is -0.0556. The van der Waals surface area contributed by atoms with E-state index >= 15 is 0 Å². The lowest BCUT2D eigenvalue weighted by molar-refractivity contribution is 0.186. The number of rotatable bonds is 2. The number of nitrogens with zero attached hydrogens (tertiary/aromatic N) is 3. The zero-order chi connectivity index (χ0) is 13.1. The van der Waals surface area contributed by atoms with E-state index in [1.54, 1.807) is 4.68 Å². The molecule has 5 nitrogen and oxygen atoms in total. The van der Waals surface area contributed by atoms with Gasteiger partial charge in [0.2, 0.25) is 0 Å². The Morgan fingerprint density at radius 3 is 2.67 bits per heavy atom. The average Bonchev–Trinajstić information content (AvgIpc) is 2.68. The first-order valence-electron chi connectivity index (χ1n) is 6.62. The van der Waals surface area contributed by atoms with Crippen LogP contribution in [-0.4, -0.2) is 33.8 Å². The summed E-state index contributed by atoms with van der Waals surface area (Å²) >= 11 is 0. The number of carbonyl (C=O) groups is 1. The van der Waals surface area contributed by atoms with E-state index in [9.17, 15) is 4.79 Å². The lowest BCUT2D eigenvalue weighted by Crippen LogP contribution is -2.40. The largest absolute Gasteiger partial charge is 0.325 e. The predicted molar refractivity (Wildman–Crippen MR) is 71.6 cm³/mol. The van der Waals surface area contributed by atoms with E-state index in [0.717, 1.165) is 18.5 Å². The van der Waals surface area contributed by atoms with Crippen molar-refractivity contribution in [3.8, 4) is 0 Å². The van der Waals surface area contributed by atoms with E-state index in [1.165, 1.54) is 19.3 Å². The van der Waals surface area contributed by atoms with Gasteiger partial charge in [0.1, 0.15) is 0 Å². The third kappa shape index (κ3) is 2.83. The summed E-state index contributed by atoms with van der Waals surface area (Å²) in [6.45, 7) is 1.97. The Hall–Kier alpha value is -1.52. The molecule has 1 heterocycles. The van der Waals surface area contributed by atoms with Gasteiger partial charge in [0.25, 0.3) is 0 Å². The SMILES string of the molecule is Cc1cc(NC(=O)N(C)C2CCCCC2)nn1C. The molecule has 1 aliphatic rings. The number of aryl methyl sites for hydroxylation is 2. The summed E-state index contributed by atoms with van der Waals surface area (Å²) in [5.74, 6) is 0.627. The summed E-state index contributed by atoms with van der Waals surface area (Å²) in [7, 11) is 3.75. The first-order valence-corrected chi connectivity index (χ1v) is 6.62. The highest BCUT2D eigenvalue weighted by molar-refractivity contribution is 5.88. The molecular formula is C13H22N4O. The molecule has 0 aromatic carbocycles. The van der Waals surface area contributed by atoms with Gasteiger partial charge in [0.15, 0.2) is 5.82 Å². The fraction of sp³-hybridized carbons (Fsp3) is 0.692. The quantitative estimate of drug-likeness (QED) is 0.876. The molecule has 0 unspecified atom stereocenters. The van der Waals surface area contributed by atoms with Gasteiger partial charge in [-0.3, -0.25) is 10.00 Å². The van der Waals surface area contributed by atoms with Gasteiger partial charge in [-0.25, -0.2) is 4.79 Å². The van der Waals surface area contributed by atoms with Gasteiger partial charge in [-0.1, -0.05) is 19.3 Å². The Kier molecular flexibility index (Phi) is 3.89. The third-order valence-corrected chi connectivity index (χ3v) is 3.79. The molecule has 0 saturated heterocycles. The number of aromatic nitrogens is 2. The molecule has 0 atom stereocenters. The van der Waals surface area contributed by atoms with E-state index in [2.05, 4.69) is 10.4 Å². The second-order valence-electron chi connectivity index (χ2n) is 5.13. The number of hydrogen-bond donors (Lipinski definition) is 1. The second kappa shape index (κ2) is 5.42. The van der Waals surface area contributed by atoms with Gasteiger partial charge in [-0.2, -0.15) is 5.10 Å². The number of hydrogen-bond acceptors (Lipinski definition) is 2. The van der Waals surface area contributed by atoms with Crippen LogP contribution in [0.4, 0.5) is 10.6 Å². The van der Waals surface area contributed by atoms with Crippen molar-refractivity contribution < 1.29 is 4.79 Å². The highest BCUT2D eigenvalue weighted by Gasteiger charge is 2.22. The molecule has 5 heteroatoms. The third-order valence-electron chi connectivity index (χ3n) is 3.79. The maximum Gasteiger partial charge on any atom is 0.323 e. The lowest BCUT2D eigenvalue weighted by Gasteiger charge is -2.30. The maximum atomic E-state index is 12.1. The highest BCUT2D eigenvalue weighted by Crippen LogP contribution is 2.22. The first kappa shape index (κ1) is 12.9. The second-order valence-corrected chi connectivity index (χ2v) is 5.13. The number of nitrogens with one attached hydrogen (secondary N) is 1. The summed E-state index contributed by atoms with van der Waals surface area (Å²) in [6.07, 6.45) is 5.98. The average molecular weight is 250 g/mol. The highest BCUT2D eigenvalue weighted by atomic mass is 16.2. The van der Waals surface area contributed by atoms with Crippen LogP contribution in [0.3, 0.4) is 0 Å². The number of anilines is 1. The summed E-state index contributed by atoms with van der Waals surface area (Å²) in [6, 6.07) is 2.20. The van der Waals surface area contributed by atoms with Crippen molar-refractivity contribution in [2.45, 2.75) is 45.1 Å². The minimum Gasteiger partial charge on any atom is -0.325 e. The molecule has 1 N–H and O–H groups in total. The Labute approximate surface area is 108 Å². The van der Waals surface area contributed by atoms with Crippen molar-refractivity contribution in [3.63, 3.8) is 0 Å². The zero-order valence-electron chi connectivity index (χ0n) is 11.4. The van der Waals surface area contributed by atoms with E-state index in [0.29, 0.717) is 11.9 Å². The molecule has 1 saturated carbocycles. The molecule has 0 spiro atoms. The summed E-state index contributed by atoms with van der Waals surface area (Å²) < 4.78 is 1.76. The van der Waals surface area contributed by atoms with Gasteiger partial charge >= 0.3 is 6.03 Å². The zero-order valence-corrected chi connectivity index (χ0v) is 11.4. The van der Waals surface area contributed by atoms with Crippen LogP contribution in [0.5, 0.6) is 0 Å². The van der Waals surface area contributed by atoms with E-state index in [-0.39, 0.29) is 6.03 Å². The van der Waals surface area contributed by atoms with Gasteiger partial charge in [0, 0.05) is 31.9 Å². The fourth-order valence-electron chi connectivity index (χ4n) is 2.45. The van der Waals surface area contributed by atoms with Crippen molar-refractivity contribution >= 4 is 11.8 Å². The lowest BCUT2D eigenvalue weighted by atomic mass is 9.95. The van der Waals surface area contributed by atoms with Crippen LogP contribution in [0.15, 0.2) is 6.07 Å². The molecule has 2 amide bonds. The van der Waals surface area contributed by atoms with Crippen LogP contribution in [0.1, 0.15) is 37.8 Å². The molecule has 1 aromatic rings. The molecule has 0 bridgehead atoms. The Balaban J connectivity index is 1.94.